The van der Waals surface area contributed by atoms with Crippen LogP contribution in [0, 0.1) is 6.92 Å². The molecule has 146 valence electrons. The Hall–Kier alpha value is -2.34. The van der Waals surface area contributed by atoms with Crippen LogP contribution >= 0.6 is 0 Å². The number of benzene rings is 1. The summed E-state index contributed by atoms with van der Waals surface area (Å²) in [6.07, 6.45) is 5.95. The first-order chi connectivity index (χ1) is 13.0. The van der Waals surface area contributed by atoms with E-state index in [1.807, 2.05) is 24.9 Å². The van der Waals surface area contributed by atoms with Crippen molar-refractivity contribution < 1.29 is 9.53 Å². The van der Waals surface area contributed by atoms with Crippen molar-refractivity contribution >= 4 is 6.03 Å². The molecule has 27 heavy (non-hydrogen) atoms. The van der Waals surface area contributed by atoms with E-state index < -0.39 is 0 Å². The van der Waals surface area contributed by atoms with Crippen molar-refractivity contribution in [3.63, 3.8) is 0 Å². The van der Waals surface area contributed by atoms with Gasteiger partial charge in [-0.15, -0.1) is 0 Å². The molecular weight excluding hydrogens is 340 g/mol. The van der Waals surface area contributed by atoms with Crippen molar-refractivity contribution in [2.45, 2.75) is 58.8 Å². The lowest BCUT2D eigenvalue weighted by atomic mass is 10.1. The normalized spacial score (nSPS) is 16.7. The largest absolute Gasteiger partial charge is 0.376 e. The van der Waals surface area contributed by atoms with Crippen LogP contribution < -0.4 is 5.32 Å². The van der Waals surface area contributed by atoms with Crippen molar-refractivity contribution in [1.29, 1.82) is 0 Å². The van der Waals surface area contributed by atoms with Gasteiger partial charge in [-0.05, 0) is 39.2 Å². The second kappa shape index (κ2) is 9.04. The summed E-state index contributed by atoms with van der Waals surface area (Å²) >= 11 is 0. The van der Waals surface area contributed by atoms with E-state index in [1.54, 1.807) is 6.20 Å². The molecule has 2 heterocycles. The first-order valence-corrected chi connectivity index (χ1v) is 9.74. The van der Waals surface area contributed by atoms with Crippen molar-refractivity contribution in [1.82, 2.24) is 19.8 Å². The standard InChI is InChI=1S/C21H30N4O2/c1-16(2)23-21(26)25(14-19-8-5-11-27-19)15-20-22-9-10-24(20)13-18-7-4-6-17(3)12-18/h4,6-7,9-10,12,16,19H,5,8,11,13-15H2,1-3H3,(H,23,26)/t19-/m0/s1. The molecule has 1 saturated heterocycles. The molecule has 1 fully saturated rings. The third-order valence-electron chi connectivity index (χ3n) is 4.72. The van der Waals surface area contributed by atoms with E-state index in [0.29, 0.717) is 13.1 Å². The number of ether oxygens (including phenoxy) is 1. The lowest BCUT2D eigenvalue weighted by molar-refractivity contribution is 0.0782. The Kier molecular flexibility index (Phi) is 6.50. The molecule has 1 atom stereocenters. The van der Waals surface area contributed by atoms with Gasteiger partial charge in [0.2, 0.25) is 0 Å². The van der Waals surface area contributed by atoms with Crippen LogP contribution in [-0.2, 0) is 17.8 Å². The van der Waals surface area contributed by atoms with Crippen LogP contribution in [0.1, 0.15) is 43.6 Å². The zero-order chi connectivity index (χ0) is 19.2. The average Bonchev–Trinajstić information content (AvgIpc) is 3.26. The smallest absolute Gasteiger partial charge is 0.318 e. The van der Waals surface area contributed by atoms with Gasteiger partial charge < -0.3 is 19.5 Å². The number of carbonyl (C=O) groups excluding carboxylic acids is 1. The fourth-order valence-corrected chi connectivity index (χ4v) is 3.41. The van der Waals surface area contributed by atoms with Crippen molar-refractivity contribution in [3.05, 3.63) is 53.6 Å². The Morgan fingerprint density at radius 1 is 1.44 bits per heavy atom. The Balaban J connectivity index is 1.72. The number of hydrogen-bond donors (Lipinski definition) is 1. The maximum absolute atomic E-state index is 12.7. The average molecular weight is 370 g/mol. The number of amides is 2. The van der Waals surface area contributed by atoms with Crippen LogP contribution in [0.5, 0.6) is 0 Å². The topological polar surface area (TPSA) is 59.4 Å². The lowest BCUT2D eigenvalue weighted by Crippen LogP contribution is -2.46. The molecule has 1 aliphatic rings. The van der Waals surface area contributed by atoms with Crippen LogP contribution in [0.2, 0.25) is 0 Å². The molecule has 2 amide bonds. The molecular formula is C21H30N4O2. The van der Waals surface area contributed by atoms with Crippen LogP contribution in [0.4, 0.5) is 4.79 Å². The zero-order valence-electron chi connectivity index (χ0n) is 16.5. The Bertz CT molecular complexity index is 750. The molecule has 0 spiro atoms. The highest BCUT2D eigenvalue weighted by atomic mass is 16.5. The molecule has 1 aliphatic heterocycles. The second-order valence-electron chi connectivity index (χ2n) is 7.58. The van der Waals surface area contributed by atoms with Gasteiger partial charge in [0.25, 0.3) is 0 Å². The number of urea groups is 1. The third kappa shape index (κ3) is 5.57. The molecule has 3 rings (SSSR count). The summed E-state index contributed by atoms with van der Waals surface area (Å²) < 4.78 is 7.86. The molecule has 0 aliphatic carbocycles. The molecule has 2 aromatic rings. The summed E-state index contributed by atoms with van der Waals surface area (Å²) in [6.45, 7) is 8.63. The first kappa shape index (κ1) is 19.4. The van der Waals surface area contributed by atoms with E-state index in [2.05, 4.69) is 46.1 Å². The summed E-state index contributed by atoms with van der Waals surface area (Å²) in [5.41, 5.74) is 2.47. The summed E-state index contributed by atoms with van der Waals surface area (Å²) in [7, 11) is 0. The number of aromatic nitrogens is 2. The summed E-state index contributed by atoms with van der Waals surface area (Å²) in [5.74, 6) is 0.883. The Morgan fingerprint density at radius 3 is 3.00 bits per heavy atom. The highest BCUT2D eigenvalue weighted by Crippen LogP contribution is 2.16. The van der Waals surface area contributed by atoms with E-state index in [-0.39, 0.29) is 18.2 Å². The number of hydrogen-bond acceptors (Lipinski definition) is 3. The van der Waals surface area contributed by atoms with Gasteiger partial charge in [-0.3, -0.25) is 0 Å². The van der Waals surface area contributed by atoms with Gasteiger partial charge >= 0.3 is 6.03 Å². The van der Waals surface area contributed by atoms with E-state index in [9.17, 15) is 4.79 Å². The minimum absolute atomic E-state index is 0.0643. The van der Waals surface area contributed by atoms with Crippen LogP contribution in [-0.4, -0.2) is 45.8 Å². The quantitative estimate of drug-likeness (QED) is 0.813. The predicted octanol–water partition coefficient (Wildman–Crippen LogP) is 3.34. The number of imidazole rings is 1. The fraction of sp³-hybridized carbons (Fsp3) is 0.524. The van der Waals surface area contributed by atoms with E-state index in [1.165, 1.54) is 11.1 Å². The highest BCUT2D eigenvalue weighted by molar-refractivity contribution is 5.74. The monoisotopic (exact) mass is 370 g/mol. The fourth-order valence-electron chi connectivity index (χ4n) is 3.41. The van der Waals surface area contributed by atoms with Gasteiger partial charge in [0.05, 0.1) is 12.6 Å². The van der Waals surface area contributed by atoms with Gasteiger partial charge in [0.15, 0.2) is 0 Å². The van der Waals surface area contributed by atoms with E-state index >= 15 is 0 Å². The van der Waals surface area contributed by atoms with E-state index in [4.69, 9.17) is 4.74 Å². The van der Waals surface area contributed by atoms with Gasteiger partial charge in [-0.1, -0.05) is 29.8 Å². The molecule has 6 heteroatoms. The van der Waals surface area contributed by atoms with E-state index in [0.717, 1.165) is 31.8 Å². The molecule has 0 bridgehead atoms. The van der Waals surface area contributed by atoms with Crippen molar-refractivity contribution in [2.24, 2.45) is 0 Å². The minimum atomic E-state index is -0.0643. The van der Waals surface area contributed by atoms with Crippen LogP contribution in [0.25, 0.3) is 0 Å². The molecule has 0 saturated carbocycles. The molecule has 0 radical (unpaired) electrons. The Morgan fingerprint density at radius 2 is 2.30 bits per heavy atom. The first-order valence-electron chi connectivity index (χ1n) is 9.74. The molecule has 0 unspecified atom stereocenters. The highest BCUT2D eigenvalue weighted by Gasteiger charge is 2.24. The van der Waals surface area contributed by atoms with Gasteiger partial charge in [0, 0.05) is 38.1 Å². The second-order valence-corrected chi connectivity index (χ2v) is 7.58. The summed E-state index contributed by atoms with van der Waals surface area (Å²) in [4.78, 5) is 19.0. The molecule has 6 nitrogen and oxygen atoms in total. The van der Waals surface area contributed by atoms with Gasteiger partial charge in [0.1, 0.15) is 5.82 Å². The predicted molar refractivity (Wildman–Crippen MR) is 106 cm³/mol. The maximum Gasteiger partial charge on any atom is 0.318 e. The number of rotatable bonds is 7. The van der Waals surface area contributed by atoms with Gasteiger partial charge in [-0.25, -0.2) is 9.78 Å². The molecule has 1 N–H and O–H groups in total. The summed E-state index contributed by atoms with van der Waals surface area (Å²) in [5, 5.41) is 3.00. The number of nitrogens with zero attached hydrogens (tertiary/aromatic N) is 3. The molecule has 1 aromatic heterocycles. The van der Waals surface area contributed by atoms with Crippen molar-refractivity contribution in [2.75, 3.05) is 13.2 Å². The SMILES string of the molecule is Cc1cccc(Cn2ccnc2CN(C[C@@H]2CCCO2)C(=O)NC(C)C)c1. The van der Waals surface area contributed by atoms with Crippen LogP contribution in [0.3, 0.4) is 0 Å². The number of nitrogens with one attached hydrogen (secondary N) is 1. The molecule has 1 aromatic carbocycles. The lowest BCUT2D eigenvalue weighted by Gasteiger charge is -2.26. The van der Waals surface area contributed by atoms with Gasteiger partial charge in [-0.2, -0.15) is 0 Å². The third-order valence-corrected chi connectivity index (χ3v) is 4.72. The van der Waals surface area contributed by atoms with Crippen LogP contribution in [0.15, 0.2) is 36.7 Å². The number of carbonyl (C=O) groups is 1. The zero-order valence-corrected chi connectivity index (χ0v) is 16.5. The summed E-state index contributed by atoms with van der Waals surface area (Å²) in [6, 6.07) is 8.49. The number of aryl methyl sites for hydroxylation is 1. The Labute approximate surface area is 161 Å². The van der Waals surface area contributed by atoms with Crippen molar-refractivity contribution in [3.8, 4) is 0 Å². The maximum atomic E-state index is 12.7. The minimum Gasteiger partial charge on any atom is -0.376 e.